The van der Waals surface area contributed by atoms with Gasteiger partial charge in [-0.1, -0.05) is 18.2 Å². The third kappa shape index (κ3) is 2.82. The molecule has 6 nitrogen and oxygen atoms in total. The molecule has 1 N–H and O–H groups in total. The van der Waals surface area contributed by atoms with Gasteiger partial charge in [0.25, 0.3) is 0 Å². The van der Waals surface area contributed by atoms with Crippen LogP contribution >= 0.6 is 0 Å². The molecular weight excluding hydrogens is 352 g/mol. The zero-order chi connectivity index (χ0) is 18.3. The third-order valence-corrected chi connectivity index (χ3v) is 6.99. The highest BCUT2D eigenvalue weighted by molar-refractivity contribution is 7.91. The van der Waals surface area contributed by atoms with Crippen LogP contribution in [0, 0.1) is 0 Å². The highest BCUT2D eigenvalue weighted by Crippen LogP contribution is 2.35. The van der Waals surface area contributed by atoms with E-state index in [4.69, 9.17) is 5.11 Å². The average molecular weight is 372 g/mol. The molecule has 0 aromatic heterocycles. The molecule has 1 amide bonds. The fourth-order valence-corrected chi connectivity index (χ4v) is 5.19. The second-order valence-electron chi connectivity index (χ2n) is 6.72. The zero-order valence-electron chi connectivity index (χ0n) is 14.2. The monoisotopic (exact) mass is 372 g/mol. The molecule has 1 unspecified atom stereocenters. The minimum Gasteiger partial charge on any atom is -0.465 e. The maximum Gasteiger partial charge on any atom is 0.407 e. The van der Waals surface area contributed by atoms with E-state index in [9.17, 15) is 13.2 Å². The lowest BCUT2D eigenvalue weighted by atomic mass is 10.1. The van der Waals surface area contributed by atoms with Crippen molar-refractivity contribution in [3.63, 3.8) is 0 Å². The summed E-state index contributed by atoms with van der Waals surface area (Å²) in [5.41, 5.74) is 2.03. The molecule has 0 saturated carbocycles. The van der Waals surface area contributed by atoms with Gasteiger partial charge in [-0.2, -0.15) is 0 Å². The van der Waals surface area contributed by atoms with Crippen molar-refractivity contribution < 1.29 is 18.3 Å². The first-order valence-electron chi connectivity index (χ1n) is 8.64. The molecule has 2 aromatic carbocycles. The molecule has 2 aromatic rings. The molecule has 2 heterocycles. The molecule has 4 rings (SSSR count). The maximum absolute atomic E-state index is 12.8. The Morgan fingerprint density at radius 1 is 1.04 bits per heavy atom. The van der Waals surface area contributed by atoms with Gasteiger partial charge in [0.15, 0.2) is 0 Å². The van der Waals surface area contributed by atoms with Crippen molar-refractivity contribution in [1.29, 1.82) is 0 Å². The van der Waals surface area contributed by atoms with E-state index in [0.717, 1.165) is 30.6 Å². The summed E-state index contributed by atoms with van der Waals surface area (Å²) in [6.07, 6.45) is 0.698. The number of anilines is 1. The standard InChI is InChI=1S/C19H20N2O4S/c22-19(23)20-10-9-15(13-20)21-11-8-14-12-17(6-7-18(14)21)26(24,25)16-4-2-1-3-5-16/h1-7,12,15H,8-11,13H2,(H,22,23). The van der Waals surface area contributed by atoms with Crippen LogP contribution in [0.15, 0.2) is 58.3 Å². The quantitative estimate of drug-likeness (QED) is 0.896. The lowest BCUT2D eigenvalue weighted by molar-refractivity contribution is 0.155. The van der Waals surface area contributed by atoms with Gasteiger partial charge < -0.3 is 14.9 Å². The fourth-order valence-electron chi connectivity index (χ4n) is 3.86. The van der Waals surface area contributed by atoms with E-state index in [1.165, 1.54) is 4.90 Å². The first-order chi connectivity index (χ1) is 12.5. The number of sulfone groups is 1. The number of fused-ring (bicyclic) bond motifs is 1. The summed E-state index contributed by atoms with van der Waals surface area (Å²) in [5, 5.41) is 9.14. The number of likely N-dealkylation sites (tertiary alicyclic amines) is 1. The van der Waals surface area contributed by atoms with Crippen LogP contribution in [0.4, 0.5) is 10.5 Å². The molecule has 1 fully saturated rings. The van der Waals surface area contributed by atoms with Crippen LogP contribution in [-0.4, -0.2) is 50.2 Å². The molecule has 2 aliphatic rings. The summed E-state index contributed by atoms with van der Waals surface area (Å²) < 4.78 is 25.6. The number of nitrogens with zero attached hydrogens (tertiary/aromatic N) is 2. The molecule has 26 heavy (non-hydrogen) atoms. The van der Waals surface area contributed by atoms with Crippen molar-refractivity contribution in [2.75, 3.05) is 24.5 Å². The summed E-state index contributed by atoms with van der Waals surface area (Å²) in [7, 11) is -3.52. The van der Waals surface area contributed by atoms with E-state index in [-0.39, 0.29) is 6.04 Å². The van der Waals surface area contributed by atoms with E-state index in [0.29, 0.717) is 22.9 Å². The molecule has 1 saturated heterocycles. The van der Waals surface area contributed by atoms with E-state index in [1.54, 1.807) is 42.5 Å². The molecular formula is C19H20N2O4S. The van der Waals surface area contributed by atoms with Crippen LogP contribution < -0.4 is 4.90 Å². The Morgan fingerprint density at radius 3 is 2.50 bits per heavy atom. The van der Waals surface area contributed by atoms with E-state index < -0.39 is 15.9 Å². The molecule has 0 radical (unpaired) electrons. The lowest BCUT2D eigenvalue weighted by Gasteiger charge is -2.26. The Bertz CT molecular complexity index is 943. The molecule has 0 bridgehead atoms. The molecule has 2 aliphatic heterocycles. The molecule has 0 aliphatic carbocycles. The van der Waals surface area contributed by atoms with Crippen LogP contribution in [0.3, 0.4) is 0 Å². The Morgan fingerprint density at radius 2 is 1.81 bits per heavy atom. The van der Waals surface area contributed by atoms with Gasteiger partial charge in [-0.15, -0.1) is 0 Å². The van der Waals surface area contributed by atoms with Gasteiger partial charge in [0.2, 0.25) is 9.84 Å². The van der Waals surface area contributed by atoms with Crippen LogP contribution in [0.1, 0.15) is 12.0 Å². The van der Waals surface area contributed by atoms with Crippen molar-refractivity contribution in [2.24, 2.45) is 0 Å². The number of rotatable bonds is 3. The van der Waals surface area contributed by atoms with Gasteiger partial charge in [0.05, 0.1) is 9.79 Å². The minimum absolute atomic E-state index is 0.156. The van der Waals surface area contributed by atoms with Crippen LogP contribution in [-0.2, 0) is 16.3 Å². The third-order valence-electron chi connectivity index (χ3n) is 5.22. The normalized spacial score (nSPS) is 19.6. The van der Waals surface area contributed by atoms with Crippen LogP contribution in [0.2, 0.25) is 0 Å². The smallest absolute Gasteiger partial charge is 0.407 e. The predicted octanol–water partition coefficient (Wildman–Crippen LogP) is 2.63. The van der Waals surface area contributed by atoms with E-state index >= 15 is 0 Å². The Kier molecular flexibility index (Phi) is 4.11. The van der Waals surface area contributed by atoms with Crippen molar-refractivity contribution in [3.8, 4) is 0 Å². The second kappa shape index (κ2) is 6.32. The molecule has 1 atom stereocenters. The number of hydrogen-bond acceptors (Lipinski definition) is 4. The summed E-state index contributed by atoms with van der Waals surface area (Å²) in [6, 6.07) is 13.9. The summed E-state index contributed by atoms with van der Waals surface area (Å²) >= 11 is 0. The van der Waals surface area contributed by atoms with Crippen molar-refractivity contribution in [1.82, 2.24) is 4.90 Å². The minimum atomic E-state index is -3.52. The van der Waals surface area contributed by atoms with Gasteiger partial charge in [0, 0.05) is 31.4 Å². The van der Waals surface area contributed by atoms with Gasteiger partial charge in [-0.25, -0.2) is 13.2 Å². The number of hydrogen-bond donors (Lipinski definition) is 1. The average Bonchev–Trinajstić information content (AvgIpc) is 3.28. The highest BCUT2D eigenvalue weighted by Gasteiger charge is 2.34. The van der Waals surface area contributed by atoms with E-state index in [2.05, 4.69) is 4.90 Å². The van der Waals surface area contributed by atoms with Crippen LogP contribution in [0.5, 0.6) is 0 Å². The highest BCUT2D eigenvalue weighted by atomic mass is 32.2. The largest absolute Gasteiger partial charge is 0.465 e. The topological polar surface area (TPSA) is 77.9 Å². The predicted molar refractivity (Wildman–Crippen MR) is 97.4 cm³/mol. The Labute approximate surface area is 152 Å². The van der Waals surface area contributed by atoms with Crippen molar-refractivity contribution in [3.05, 3.63) is 54.1 Å². The SMILES string of the molecule is O=C(O)N1CCC(N2CCc3cc(S(=O)(=O)c4ccccc4)ccc32)C1. The first kappa shape index (κ1) is 16.9. The molecule has 7 heteroatoms. The molecule has 136 valence electrons. The summed E-state index contributed by atoms with van der Waals surface area (Å²) in [4.78, 5) is 15.4. The fraction of sp³-hybridized carbons (Fsp3) is 0.316. The maximum atomic E-state index is 12.8. The Balaban J connectivity index is 1.61. The van der Waals surface area contributed by atoms with Crippen molar-refractivity contribution in [2.45, 2.75) is 28.7 Å². The van der Waals surface area contributed by atoms with Gasteiger partial charge in [-0.05, 0) is 48.7 Å². The van der Waals surface area contributed by atoms with Gasteiger partial charge in [0.1, 0.15) is 0 Å². The van der Waals surface area contributed by atoms with Gasteiger partial charge in [-0.3, -0.25) is 0 Å². The summed E-state index contributed by atoms with van der Waals surface area (Å²) in [6.45, 7) is 1.84. The number of amides is 1. The first-order valence-corrected chi connectivity index (χ1v) is 10.1. The van der Waals surface area contributed by atoms with Crippen molar-refractivity contribution >= 4 is 21.6 Å². The number of benzene rings is 2. The number of carboxylic acid groups (broad SMARTS) is 1. The zero-order valence-corrected chi connectivity index (χ0v) is 15.0. The lowest BCUT2D eigenvalue weighted by Crippen LogP contribution is -2.37. The molecule has 0 spiro atoms. The van der Waals surface area contributed by atoms with Gasteiger partial charge >= 0.3 is 6.09 Å². The number of carbonyl (C=O) groups is 1. The second-order valence-corrected chi connectivity index (χ2v) is 8.67. The van der Waals surface area contributed by atoms with Crippen LogP contribution in [0.25, 0.3) is 0 Å². The van der Waals surface area contributed by atoms with E-state index in [1.807, 2.05) is 6.07 Å². The Hall–Kier alpha value is -2.54. The summed E-state index contributed by atoms with van der Waals surface area (Å²) in [5.74, 6) is 0.